The highest BCUT2D eigenvalue weighted by Crippen LogP contribution is 2.76. The monoisotopic (exact) mass is 494 g/mol. The summed E-state index contributed by atoms with van der Waals surface area (Å²) in [7, 11) is 0. The van der Waals surface area contributed by atoms with Gasteiger partial charge in [-0.3, -0.25) is 14.4 Å². The molecule has 2 N–H and O–H groups in total. The Labute approximate surface area is 210 Å². The number of ketones is 2. The zero-order valence-electron chi connectivity index (χ0n) is 20.9. The second-order valence-corrected chi connectivity index (χ2v) is 12.2. The van der Waals surface area contributed by atoms with Crippen LogP contribution in [0.5, 0.6) is 0 Å². The van der Waals surface area contributed by atoms with E-state index in [1.807, 2.05) is 44.2 Å². The van der Waals surface area contributed by atoms with E-state index in [2.05, 4.69) is 6.58 Å². The zero-order chi connectivity index (χ0) is 25.7. The maximum atomic E-state index is 14.0. The summed E-state index contributed by atoms with van der Waals surface area (Å²) in [5.41, 5.74) is -2.03. The Balaban J connectivity index is 1.43. The van der Waals surface area contributed by atoms with Gasteiger partial charge in [-0.25, -0.2) is 0 Å². The molecule has 2 aliphatic heterocycles. The van der Waals surface area contributed by atoms with Crippen molar-refractivity contribution < 1.29 is 34.1 Å². The Bertz CT molecular complexity index is 1160. The Hall–Kier alpha value is -2.35. The molecular weight excluding hydrogens is 460 g/mol. The summed E-state index contributed by atoms with van der Waals surface area (Å²) in [6, 6.07) is 9.57. The molecule has 6 fully saturated rings. The fourth-order valence-corrected chi connectivity index (χ4v) is 8.86. The number of aryl methyl sites for hydroxylation is 1. The third-order valence-electron chi connectivity index (χ3n) is 10.3. The quantitative estimate of drug-likeness (QED) is 0.489. The van der Waals surface area contributed by atoms with Crippen LogP contribution in [-0.2, 0) is 30.3 Å². The summed E-state index contributed by atoms with van der Waals surface area (Å²) >= 11 is 0. The molecule has 4 aliphatic carbocycles. The molecule has 7 nitrogen and oxygen atoms in total. The SMILES string of the molecule is C=C1C(=O)[C@]23[C@H](OC(=O)CCc4ccccc4)[C@H]1CC[C@H]2[C@@]12CO[C@@]3(O)[C@@H](O)[C@@H]1C(C)(C)CCC2=O. The Morgan fingerprint density at radius 2 is 1.92 bits per heavy atom. The Morgan fingerprint density at radius 1 is 1.19 bits per heavy atom. The second-order valence-electron chi connectivity index (χ2n) is 12.2. The molecule has 1 aromatic carbocycles. The van der Waals surface area contributed by atoms with Crippen LogP contribution in [0.25, 0.3) is 0 Å². The number of carbonyl (C=O) groups excluding carboxylic acids is 3. The highest BCUT2D eigenvalue weighted by Gasteiger charge is 2.88. The van der Waals surface area contributed by atoms with Crippen LogP contribution in [0.3, 0.4) is 0 Å². The average Bonchev–Trinajstić information content (AvgIpc) is 2.96. The van der Waals surface area contributed by atoms with Crippen molar-refractivity contribution in [2.45, 2.75) is 70.4 Å². The predicted molar refractivity (Wildman–Crippen MR) is 128 cm³/mol. The van der Waals surface area contributed by atoms with Crippen LogP contribution in [0.4, 0.5) is 0 Å². The number of Topliss-reactive ketones (excluding diaryl/α,β-unsaturated/α-hetero) is 2. The van der Waals surface area contributed by atoms with Crippen molar-refractivity contribution in [1.82, 2.24) is 0 Å². The Morgan fingerprint density at radius 3 is 2.64 bits per heavy atom. The van der Waals surface area contributed by atoms with E-state index in [1.165, 1.54) is 0 Å². The third kappa shape index (κ3) is 2.66. The number of ether oxygens (including phenoxy) is 2. The van der Waals surface area contributed by atoms with E-state index in [-0.39, 0.29) is 24.4 Å². The standard InChI is InChI=1S/C29H34O7/c1-16-18-10-11-19-27-15-35-29(34,24(33)22(27)26(2,3)14-13-20(27)30)28(19,23(16)32)25(18)36-21(31)12-9-17-7-5-4-6-8-17/h4-8,18-19,22,24-25,33-34H,1,9-15H2,2-3H3/t18-,19-,22+,24-,25+,27+,28-,29-/m0/s1. The predicted octanol–water partition coefficient (Wildman–Crippen LogP) is 2.77. The van der Waals surface area contributed by atoms with E-state index in [0.717, 1.165) is 5.56 Å². The van der Waals surface area contributed by atoms with Gasteiger partial charge in [0.25, 0.3) is 0 Å². The summed E-state index contributed by atoms with van der Waals surface area (Å²) in [5.74, 6) is -4.86. The molecule has 0 radical (unpaired) electrons. The molecule has 6 aliphatic rings. The summed E-state index contributed by atoms with van der Waals surface area (Å²) in [6.07, 6.45) is 0.0279. The van der Waals surface area contributed by atoms with Crippen molar-refractivity contribution in [1.29, 1.82) is 0 Å². The smallest absolute Gasteiger partial charge is 0.306 e. The first-order valence-corrected chi connectivity index (χ1v) is 13.1. The fourth-order valence-electron chi connectivity index (χ4n) is 8.86. The molecule has 2 spiro atoms. The van der Waals surface area contributed by atoms with Crippen molar-refractivity contribution in [3.63, 3.8) is 0 Å². The number of hydrogen-bond donors (Lipinski definition) is 2. The minimum absolute atomic E-state index is 0.0325. The van der Waals surface area contributed by atoms with Crippen molar-refractivity contribution >= 4 is 17.5 Å². The zero-order valence-corrected chi connectivity index (χ0v) is 20.9. The van der Waals surface area contributed by atoms with Crippen molar-refractivity contribution in [2.75, 3.05) is 6.61 Å². The lowest BCUT2D eigenvalue weighted by Gasteiger charge is -2.72. The van der Waals surface area contributed by atoms with Crippen LogP contribution in [0.2, 0.25) is 0 Å². The average molecular weight is 495 g/mol. The number of fused-ring (bicyclic) bond motifs is 2. The molecule has 4 bridgehead atoms. The van der Waals surface area contributed by atoms with Gasteiger partial charge in [-0.1, -0.05) is 50.8 Å². The molecule has 0 amide bonds. The number of benzene rings is 1. The van der Waals surface area contributed by atoms with Crippen LogP contribution in [0.15, 0.2) is 42.5 Å². The van der Waals surface area contributed by atoms with Gasteiger partial charge in [-0.05, 0) is 48.2 Å². The molecule has 2 saturated heterocycles. The summed E-state index contributed by atoms with van der Waals surface area (Å²) in [5, 5.41) is 23.9. The van der Waals surface area contributed by atoms with Gasteiger partial charge in [0, 0.05) is 24.7 Å². The lowest BCUT2D eigenvalue weighted by Crippen LogP contribution is -2.85. The molecule has 0 unspecified atom stereocenters. The fraction of sp³-hybridized carbons (Fsp3) is 0.621. The van der Waals surface area contributed by atoms with Crippen LogP contribution in [-0.4, -0.2) is 52.4 Å². The van der Waals surface area contributed by atoms with E-state index in [9.17, 15) is 24.6 Å². The van der Waals surface area contributed by atoms with Crippen molar-refractivity contribution in [3.05, 3.63) is 48.0 Å². The van der Waals surface area contributed by atoms with Crippen LogP contribution in [0.1, 0.15) is 51.5 Å². The molecule has 7 heteroatoms. The van der Waals surface area contributed by atoms with Crippen molar-refractivity contribution in [2.24, 2.45) is 34.0 Å². The third-order valence-corrected chi connectivity index (χ3v) is 10.3. The van der Waals surface area contributed by atoms with Gasteiger partial charge in [-0.15, -0.1) is 0 Å². The van der Waals surface area contributed by atoms with Crippen molar-refractivity contribution in [3.8, 4) is 0 Å². The normalized spacial score (nSPS) is 44.2. The second kappa shape index (κ2) is 7.59. The number of aliphatic hydroxyl groups is 2. The van der Waals surface area contributed by atoms with Gasteiger partial charge >= 0.3 is 5.97 Å². The van der Waals surface area contributed by atoms with Gasteiger partial charge in [0.15, 0.2) is 5.78 Å². The first-order chi connectivity index (χ1) is 17.0. The molecule has 7 rings (SSSR count). The van der Waals surface area contributed by atoms with E-state index in [0.29, 0.717) is 32.1 Å². The molecule has 192 valence electrons. The van der Waals surface area contributed by atoms with Gasteiger partial charge in [0.05, 0.1) is 12.0 Å². The van der Waals surface area contributed by atoms with Gasteiger partial charge in [0.2, 0.25) is 5.79 Å². The summed E-state index contributed by atoms with van der Waals surface area (Å²) in [4.78, 5) is 40.9. The maximum Gasteiger partial charge on any atom is 0.306 e. The van der Waals surface area contributed by atoms with Gasteiger partial charge in [-0.2, -0.15) is 0 Å². The number of hydrogen-bond acceptors (Lipinski definition) is 7. The molecule has 8 atom stereocenters. The first-order valence-electron chi connectivity index (χ1n) is 13.1. The number of esters is 1. The van der Waals surface area contributed by atoms with E-state index < -0.39 is 63.7 Å². The summed E-state index contributed by atoms with van der Waals surface area (Å²) in [6.45, 7) is 8.00. The molecule has 0 aromatic heterocycles. The first kappa shape index (κ1) is 24.0. The van der Waals surface area contributed by atoms with E-state index in [1.54, 1.807) is 0 Å². The molecule has 4 saturated carbocycles. The van der Waals surface area contributed by atoms with Gasteiger partial charge in [0.1, 0.15) is 23.4 Å². The highest BCUT2D eigenvalue weighted by atomic mass is 16.6. The van der Waals surface area contributed by atoms with Gasteiger partial charge < -0.3 is 19.7 Å². The lowest BCUT2D eigenvalue weighted by molar-refractivity contribution is -0.437. The molecule has 2 heterocycles. The van der Waals surface area contributed by atoms with E-state index in [4.69, 9.17) is 9.47 Å². The molecular formula is C29H34O7. The Kier molecular flexibility index (Phi) is 5.06. The minimum Gasteiger partial charge on any atom is -0.460 e. The number of rotatable bonds is 4. The minimum atomic E-state index is -2.27. The topological polar surface area (TPSA) is 110 Å². The number of carbonyl (C=O) groups is 3. The van der Waals surface area contributed by atoms with Crippen LogP contribution in [0, 0.1) is 34.0 Å². The lowest BCUT2D eigenvalue weighted by atomic mass is 9.36. The number of aliphatic hydroxyl groups excluding tert-OH is 1. The maximum absolute atomic E-state index is 14.0. The highest BCUT2D eigenvalue weighted by molar-refractivity contribution is 6.06. The van der Waals surface area contributed by atoms with Crippen LogP contribution >= 0.6 is 0 Å². The molecule has 36 heavy (non-hydrogen) atoms. The molecule has 1 aromatic rings. The van der Waals surface area contributed by atoms with Crippen LogP contribution < -0.4 is 0 Å². The largest absolute Gasteiger partial charge is 0.460 e. The van der Waals surface area contributed by atoms with E-state index >= 15 is 0 Å². The summed E-state index contributed by atoms with van der Waals surface area (Å²) < 4.78 is 12.0.